The predicted molar refractivity (Wildman–Crippen MR) is 99.0 cm³/mol. The average Bonchev–Trinajstić information content (AvgIpc) is 2.52. The smallest absolute Gasteiger partial charge is 0.321 e. The van der Waals surface area contributed by atoms with Gasteiger partial charge in [-0.15, -0.1) is 0 Å². The van der Waals surface area contributed by atoms with Gasteiger partial charge < -0.3 is 10.6 Å². The predicted octanol–water partition coefficient (Wildman–Crippen LogP) is 4.77. The minimum absolute atomic E-state index is 0.0623. The van der Waals surface area contributed by atoms with Crippen LogP contribution in [0.5, 0.6) is 0 Å². The van der Waals surface area contributed by atoms with Crippen LogP contribution in [0, 0.1) is 27.7 Å². The lowest BCUT2D eigenvalue weighted by molar-refractivity contribution is -0.204. The lowest BCUT2D eigenvalue weighted by Gasteiger charge is -2.25. The molecule has 0 radical (unpaired) electrons. The fourth-order valence-corrected chi connectivity index (χ4v) is 2.80. The van der Waals surface area contributed by atoms with Crippen LogP contribution < -0.4 is 10.6 Å². The first-order valence-corrected chi connectivity index (χ1v) is 8.38. The van der Waals surface area contributed by atoms with Gasteiger partial charge in [0.15, 0.2) is 0 Å². The summed E-state index contributed by atoms with van der Waals surface area (Å²) in [5.74, 6) is -15.0. The molecule has 0 saturated carbocycles. The van der Waals surface area contributed by atoms with Crippen LogP contribution >= 0.6 is 0 Å². The molecule has 0 bridgehead atoms. The van der Waals surface area contributed by atoms with Crippen LogP contribution in [0.25, 0.3) is 0 Å². The third kappa shape index (κ3) is 4.49. The zero-order chi connectivity index (χ0) is 21.3. The molecule has 0 unspecified atom stereocenters. The summed E-state index contributed by atoms with van der Waals surface area (Å²) >= 11 is 0. The first-order valence-electron chi connectivity index (χ1n) is 8.38. The Morgan fingerprint density at radius 2 is 0.857 bits per heavy atom. The third-order valence-corrected chi connectivity index (χ3v) is 3.92. The van der Waals surface area contributed by atoms with Crippen LogP contribution in [0.15, 0.2) is 36.4 Å². The zero-order valence-electron chi connectivity index (χ0n) is 15.8. The Morgan fingerprint density at radius 1 is 0.607 bits per heavy atom. The Kier molecular flexibility index (Phi) is 5.82. The quantitative estimate of drug-likeness (QED) is 0.716. The Hall–Kier alpha value is -2.90. The highest BCUT2D eigenvalue weighted by molar-refractivity contribution is 6.05. The molecule has 0 heterocycles. The SMILES string of the molecule is Cc1cc(C)cc(NC(=O)C(F)(F)C(F)(F)C(=O)Nc2cc(C)cc(C)c2)c1. The highest BCUT2D eigenvalue weighted by Gasteiger charge is 2.67. The van der Waals surface area contributed by atoms with Crippen LogP contribution in [-0.4, -0.2) is 23.7 Å². The van der Waals surface area contributed by atoms with E-state index >= 15 is 0 Å². The Bertz CT molecular complexity index is 810. The number of benzene rings is 2. The normalized spacial score (nSPS) is 11.9. The van der Waals surface area contributed by atoms with Gasteiger partial charge >= 0.3 is 23.7 Å². The summed E-state index contributed by atoms with van der Waals surface area (Å²) in [4.78, 5) is 23.7. The number of aryl methyl sites for hydroxylation is 4. The van der Waals surface area contributed by atoms with Crippen molar-refractivity contribution in [1.29, 1.82) is 0 Å². The summed E-state index contributed by atoms with van der Waals surface area (Å²) in [6.45, 7) is 6.64. The number of amides is 2. The van der Waals surface area contributed by atoms with Gasteiger partial charge in [0.05, 0.1) is 0 Å². The van der Waals surface area contributed by atoms with Gasteiger partial charge in [0, 0.05) is 11.4 Å². The average molecular weight is 396 g/mol. The molecule has 2 rings (SSSR count). The molecule has 0 aliphatic heterocycles. The summed E-state index contributed by atoms with van der Waals surface area (Å²) in [6, 6.07) is 8.87. The van der Waals surface area contributed by atoms with E-state index in [4.69, 9.17) is 0 Å². The topological polar surface area (TPSA) is 58.2 Å². The minimum Gasteiger partial charge on any atom is -0.321 e. The van der Waals surface area contributed by atoms with Crippen molar-refractivity contribution in [1.82, 2.24) is 0 Å². The summed E-state index contributed by atoms with van der Waals surface area (Å²) in [7, 11) is 0. The molecular weight excluding hydrogens is 376 g/mol. The van der Waals surface area contributed by atoms with Gasteiger partial charge in [-0.25, -0.2) is 0 Å². The maximum atomic E-state index is 14.2. The van der Waals surface area contributed by atoms with Gasteiger partial charge in [0.25, 0.3) is 0 Å². The van der Waals surface area contributed by atoms with Gasteiger partial charge in [-0.05, 0) is 74.2 Å². The summed E-state index contributed by atoms with van der Waals surface area (Å²) in [5, 5.41) is 3.52. The van der Waals surface area contributed by atoms with E-state index in [-0.39, 0.29) is 11.4 Å². The van der Waals surface area contributed by atoms with Crippen molar-refractivity contribution >= 4 is 23.2 Å². The highest BCUT2D eigenvalue weighted by Crippen LogP contribution is 2.36. The largest absolute Gasteiger partial charge is 0.396 e. The molecule has 0 spiro atoms. The minimum atomic E-state index is -5.26. The van der Waals surface area contributed by atoms with Crippen LogP contribution in [-0.2, 0) is 9.59 Å². The van der Waals surface area contributed by atoms with Crippen LogP contribution in [0.2, 0.25) is 0 Å². The molecule has 2 aromatic carbocycles. The summed E-state index contributed by atoms with van der Waals surface area (Å²) in [5.41, 5.74) is 2.48. The molecular formula is C20H20F4N2O2. The van der Waals surface area contributed by atoms with Gasteiger partial charge in [-0.2, -0.15) is 17.6 Å². The highest BCUT2D eigenvalue weighted by atomic mass is 19.3. The van der Waals surface area contributed by atoms with Crippen molar-refractivity contribution in [2.45, 2.75) is 39.5 Å². The fraction of sp³-hybridized carbons (Fsp3) is 0.300. The second kappa shape index (κ2) is 7.61. The van der Waals surface area contributed by atoms with E-state index < -0.39 is 23.7 Å². The number of alkyl halides is 4. The molecule has 2 amide bonds. The molecule has 0 aliphatic rings. The molecule has 0 aromatic heterocycles. The van der Waals surface area contributed by atoms with E-state index in [0.29, 0.717) is 22.3 Å². The molecule has 2 N–H and O–H groups in total. The molecule has 0 saturated heterocycles. The zero-order valence-corrected chi connectivity index (χ0v) is 15.8. The lowest BCUT2D eigenvalue weighted by atomic mass is 10.1. The van der Waals surface area contributed by atoms with Crippen molar-refractivity contribution in [2.75, 3.05) is 10.6 Å². The van der Waals surface area contributed by atoms with Crippen molar-refractivity contribution in [3.63, 3.8) is 0 Å². The standard InChI is InChI=1S/C20H20F4N2O2/c1-11-5-12(2)8-15(7-11)25-17(27)19(21,22)20(23,24)18(28)26-16-9-13(3)6-14(4)10-16/h5-10H,1-4H3,(H,25,27)(H,26,28). The Morgan fingerprint density at radius 3 is 1.11 bits per heavy atom. The number of halogens is 4. The molecule has 2 aromatic rings. The van der Waals surface area contributed by atoms with E-state index in [1.165, 1.54) is 24.3 Å². The molecule has 28 heavy (non-hydrogen) atoms. The monoisotopic (exact) mass is 396 g/mol. The van der Waals surface area contributed by atoms with E-state index in [1.807, 2.05) is 0 Å². The number of anilines is 2. The van der Waals surface area contributed by atoms with E-state index in [0.717, 1.165) is 0 Å². The maximum Gasteiger partial charge on any atom is 0.396 e. The van der Waals surface area contributed by atoms with Crippen LogP contribution in [0.1, 0.15) is 22.3 Å². The van der Waals surface area contributed by atoms with Gasteiger partial charge in [0.2, 0.25) is 0 Å². The summed E-state index contributed by atoms with van der Waals surface area (Å²) in [6.07, 6.45) is 0. The second-order valence-electron chi connectivity index (χ2n) is 6.81. The maximum absolute atomic E-state index is 14.2. The van der Waals surface area contributed by atoms with Crippen molar-refractivity contribution < 1.29 is 27.2 Å². The first-order chi connectivity index (χ1) is 12.8. The number of nitrogens with one attached hydrogen (secondary N) is 2. The van der Waals surface area contributed by atoms with Gasteiger partial charge in [-0.1, -0.05) is 12.1 Å². The first kappa shape index (κ1) is 21.4. The van der Waals surface area contributed by atoms with Crippen molar-refractivity contribution in [3.05, 3.63) is 58.7 Å². The van der Waals surface area contributed by atoms with Crippen LogP contribution in [0.4, 0.5) is 28.9 Å². The number of carbonyl (C=O) groups excluding carboxylic acids is 2. The molecule has 0 fully saturated rings. The number of hydrogen-bond acceptors (Lipinski definition) is 2. The summed E-state index contributed by atoms with van der Waals surface area (Å²) < 4.78 is 56.7. The third-order valence-electron chi connectivity index (χ3n) is 3.92. The second-order valence-corrected chi connectivity index (χ2v) is 6.81. The van der Waals surface area contributed by atoms with E-state index in [2.05, 4.69) is 0 Å². The van der Waals surface area contributed by atoms with E-state index in [9.17, 15) is 27.2 Å². The van der Waals surface area contributed by atoms with E-state index in [1.54, 1.807) is 50.5 Å². The number of hydrogen-bond donors (Lipinski definition) is 2. The van der Waals surface area contributed by atoms with Crippen molar-refractivity contribution in [2.24, 2.45) is 0 Å². The molecule has 4 nitrogen and oxygen atoms in total. The fourth-order valence-electron chi connectivity index (χ4n) is 2.80. The molecule has 0 aliphatic carbocycles. The Labute approximate surface area is 159 Å². The molecule has 0 atom stereocenters. The molecule has 8 heteroatoms. The van der Waals surface area contributed by atoms with Gasteiger partial charge in [0.1, 0.15) is 0 Å². The number of carbonyl (C=O) groups is 2. The van der Waals surface area contributed by atoms with Gasteiger partial charge in [-0.3, -0.25) is 9.59 Å². The molecule has 150 valence electrons. The lowest BCUT2D eigenvalue weighted by Crippen LogP contribution is -2.56. The Balaban J connectivity index is 2.22. The number of rotatable bonds is 5. The van der Waals surface area contributed by atoms with Crippen molar-refractivity contribution in [3.8, 4) is 0 Å². The van der Waals surface area contributed by atoms with Crippen LogP contribution in [0.3, 0.4) is 0 Å².